The number of furan rings is 1. The second kappa shape index (κ2) is 11.2. The van der Waals surface area contributed by atoms with Crippen LogP contribution in [0.2, 0.25) is 0 Å². The van der Waals surface area contributed by atoms with Gasteiger partial charge in [-0.3, -0.25) is 0 Å². The summed E-state index contributed by atoms with van der Waals surface area (Å²) < 4.78 is 160. The van der Waals surface area contributed by atoms with Crippen molar-refractivity contribution in [2.75, 3.05) is 0 Å². The highest BCUT2D eigenvalue weighted by atomic mass is 16.3. The van der Waals surface area contributed by atoms with Crippen LogP contribution in [0.15, 0.2) is 174 Å². The Morgan fingerprint density at radius 3 is 2.00 bits per heavy atom. The summed E-state index contributed by atoms with van der Waals surface area (Å²) in [5, 5.41) is 1.50. The maximum Gasteiger partial charge on any atom is 0.143 e. The minimum atomic E-state index is -1.72. The van der Waals surface area contributed by atoms with Crippen molar-refractivity contribution in [3.63, 3.8) is 0 Å². The summed E-state index contributed by atoms with van der Waals surface area (Å²) in [7, 11) is 0. The monoisotopic (exact) mass is 641 g/mol. The Bertz CT molecular complexity index is 3650. The molecule has 1 aliphatic carbocycles. The molecule has 2 unspecified atom stereocenters. The molecule has 1 heteroatoms. The summed E-state index contributed by atoms with van der Waals surface area (Å²) in [6, 6.07) is 13.2. The standard InChI is InChI=1S/C48H32O/c1-2-13-32(14-3-1)46-39-18-6-8-20-41(39)47(42-21-9-7-19-40(42)46)37-17-10-16-34(29-37)35-26-27-45-44(30-35)43-23-11-22-38(48(43)49-45)36-25-24-31-12-4-5-15-33(31)28-36/h1-9,11-15,17-30H,10,16H2/i1D,2D,3D,6D,7D,8D,9D,10D,13D,14D,16D,17D,18D,19D,20D,21D,29D. The van der Waals surface area contributed by atoms with Crippen molar-refractivity contribution in [1.29, 1.82) is 0 Å². The predicted molar refractivity (Wildman–Crippen MR) is 209 cm³/mol. The van der Waals surface area contributed by atoms with E-state index in [1.165, 1.54) is 0 Å². The lowest BCUT2D eigenvalue weighted by atomic mass is 9.83. The Labute approximate surface area is 308 Å². The Balaban J connectivity index is 1.31. The number of hydrogen-bond acceptors (Lipinski definition) is 1. The van der Waals surface area contributed by atoms with Gasteiger partial charge in [0.15, 0.2) is 0 Å². The van der Waals surface area contributed by atoms with Crippen molar-refractivity contribution in [2.24, 2.45) is 0 Å². The molecular formula is C48H32O. The highest BCUT2D eigenvalue weighted by Crippen LogP contribution is 2.44. The maximum atomic E-state index is 9.88. The first kappa shape index (κ1) is 15.8. The molecule has 49 heavy (non-hydrogen) atoms. The van der Waals surface area contributed by atoms with Crippen molar-refractivity contribution in [2.45, 2.75) is 12.8 Å². The van der Waals surface area contributed by atoms with Gasteiger partial charge in [-0.1, -0.05) is 151 Å². The Kier molecular flexibility index (Phi) is 3.62. The van der Waals surface area contributed by atoms with Crippen LogP contribution in [0, 0.1) is 0 Å². The van der Waals surface area contributed by atoms with Crippen molar-refractivity contribution in [1.82, 2.24) is 0 Å². The molecule has 1 aromatic heterocycles. The highest BCUT2D eigenvalue weighted by molar-refractivity contribution is 6.20. The summed E-state index contributed by atoms with van der Waals surface area (Å²) in [6.45, 7) is 0. The summed E-state index contributed by atoms with van der Waals surface area (Å²) in [4.78, 5) is 0. The third-order valence-corrected chi connectivity index (χ3v) is 8.98. The van der Waals surface area contributed by atoms with Gasteiger partial charge in [-0.05, 0) is 102 Å². The van der Waals surface area contributed by atoms with E-state index in [2.05, 4.69) is 6.07 Å². The number of benzene rings is 8. The van der Waals surface area contributed by atoms with Crippen molar-refractivity contribution >= 4 is 65.4 Å². The van der Waals surface area contributed by atoms with Crippen LogP contribution in [0.5, 0.6) is 0 Å². The van der Waals surface area contributed by atoms with E-state index in [1.807, 2.05) is 54.6 Å². The molecular weight excluding hydrogens is 593 g/mol. The molecule has 10 rings (SSSR count). The molecule has 0 aliphatic heterocycles. The average molecular weight is 642 g/mol. The van der Waals surface area contributed by atoms with Crippen LogP contribution in [0.25, 0.3) is 87.7 Å². The van der Waals surface area contributed by atoms with E-state index in [9.17, 15) is 11.0 Å². The molecule has 0 fully saturated rings. The third kappa shape index (κ3) is 4.54. The molecule has 1 nitrogen and oxygen atoms in total. The molecule has 0 radical (unpaired) electrons. The first-order valence-corrected chi connectivity index (χ1v) is 15.6. The van der Waals surface area contributed by atoms with Crippen molar-refractivity contribution in [3.05, 3.63) is 181 Å². The lowest BCUT2D eigenvalue weighted by molar-refractivity contribution is 0.670. The molecule has 1 aliphatic rings. The van der Waals surface area contributed by atoms with Gasteiger partial charge in [-0.2, -0.15) is 0 Å². The number of fused-ring (bicyclic) bond motifs is 6. The molecule has 0 amide bonds. The first-order chi connectivity index (χ1) is 31.4. The van der Waals surface area contributed by atoms with Gasteiger partial charge in [0.2, 0.25) is 0 Å². The molecule has 0 bridgehead atoms. The van der Waals surface area contributed by atoms with E-state index in [0.717, 1.165) is 21.9 Å². The predicted octanol–water partition coefficient (Wildman–Crippen LogP) is 13.6. The van der Waals surface area contributed by atoms with Crippen LogP contribution in [0.4, 0.5) is 0 Å². The number of allylic oxidation sites excluding steroid dienone is 4. The summed E-state index contributed by atoms with van der Waals surface area (Å²) >= 11 is 0. The normalized spacial score (nSPS) is 21.7. The van der Waals surface area contributed by atoms with Gasteiger partial charge in [-0.15, -0.1) is 0 Å². The lowest BCUT2D eigenvalue weighted by Crippen LogP contribution is -1.97. The fourth-order valence-electron chi connectivity index (χ4n) is 6.77. The van der Waals surface area contributed by atoms with Gasteiger partial charge in [0.05, 0.1) is 20.6 Å². The minimum Gasteiger partial charge on any atom is -0.455 e. The summed E-state index contributed by atoms with van der Waals surface area (Å²) in [5.74, 6) is 0. The van der Waals surface area contributed by atoms with Gasteiger partial charge >= 0.3 is 0 Å². The number of rotatable bonds is 4. The molecule has 1 heterocycles. The van der Waals surface area contributed by atoms with E-state index >= 15 is 0 Å². The molecule has 0 saturated carbocycles. The van der Waals surface area contributed by atoms with Crippen molar-refractivity contribution in [3.8, 4) is 22.3 Å². The zero-order valence-corrected chi connectivity index (χ0v) is 25.6. The number of hydrogen-bond donors (Lipinski definition) is 0. The highest BCUT2D eigenvalue weighted by Gasteiger charge is 2.20. The number of para-hydroxylation sites is 1. The van der Waals surface area contributed by atoms with E-state index in [4.69, 9.17) is 16.8 Å². The summed E-state index contributed by atoms with van der Waals surface area (Å²) in [5.41, 5.74) is 1.07. The molecule has 0 saturated heterocycles. The second-order valence-corrected chi connectivity index (χ2v) is 11.7. The SMILES string of the molecule is [2H]C1=C(c2ccc3oc4c(-c5ccc6ccccc6c5)cccc4c3c2)C([2H])C([2H])C([2H])=C1c1c2c([2H])c([2H])c([2H])c([2H])c2c(-c2c([2H])c([2H])c([2H])c([2H])c2[2H])c2c([2H])c([2H])c([2H])c([2H])c12. The average Bonchev–Trinajstić information content (AvgIpc) is 3.70. The van der Waals surface area contributed by atoms with E-state index < -0.39 is 147 Å². The molecule has 8 aromatic carbocycles. The topological polar surface area (TPSA) is 13.1 Å². The summed E-state index contributed by atoms with van der Waals surface area (Å²) in [6.07, 6.45) is -3.28. The van der Waals surface area contributed by atoms with Gasteiger partial charge in [0.25, 0.3) is 0 Å². The van der Waals surface area contributed by atoms with Crippen LogP contribution >= 0.6 is 0 Å². The Morgan fingerprint density at radius 2 is 1.22 bits per heavy atom. The van der Waals surface area contributed by atoms with Gasteiger partial charge < -0.3 is 4.42 Å². The quantitative estimate of drug-likeness (QED) is 0.174. The van der Waals surface area contributed by atoms with Gasteiger partial charge in [0.1, 0.15) is 11.2 Å². The fourth-order valence-corrected chi connectivity index (χ4v) is 6.77. The largest absolute Gasteiger partial charge is 0.455 e. The molecule has 2 atom stereocenters. The van der Waals surface area contributed by atoms with Crippen LogP contribution in [-0.4, -0.2) is 0 Å². The van der Waals surface area contributed by atoms with Crippen molar-refractivity contribution < 1.29 is 27.7 Å². The molecule has 230 valence electrons. The second-order valence-electron chi connectivity index (χ2n) is 11.7. The van der Waals surface area contributed by atoms with Crippen LogP contribution < -0.4 is 0 Å². The van der Waals surface area contributed by atoms with E-state index in [1.54, 1.807) is 18.2 Å². The van der Waals surface area contributed by atoms with E-state index in [-0.39, 0.29) is 5.57 Å². The third-order valence-electron chi connectivity index (χ3n) is 8.98. The molecule has 0 N–H and O–H groups in total. The fraction of sp³-hybridized carbons (Fsp3) is 0.0417. The zero-order chi connectivity index (χ0) is 47.1. The first-order valence-electron chi connectivity index (χ1n) is 24.3. The van der Waals surface area contributed by atoms with E-state index in [0.29, 0.717) is 27.5 Å². The van der Waals surface area contributed by atoms with Gasteiger partial charge in [0, 0.05) is 19.1 Å². The Morgan fingerprint density at radius 1 is 0.531 bits per heavy atom. The maximum absolute atomic E-state index is 9.88. The zero-order valence-electron chi connectivity index (χ0n) is 42.6. The smallest absolute Gasteiger partial charge is 0.143 e. The molecule has 0 spiro atoms. The van der Waals surface area contributed by atoms with Crippen LogP contribution in [0.3, 0.4) is 0 Å². The van der Waals surface area contributed by atoms with Crippen LogP contribution in [0.1, 0.15) is 47.2 Å². The van der Waals surface area contributed by atoms with Crippen LogP contribution in [-0.2, 0) is 0 Å². The molecule has 9 aromatic rings. The van der Waals surface area contributed by atoms with Gasteiger partial charge in [-0.25, -0.2) is 0 Å². The lowest BCUT2D eigenvalue weighted by Gasteiger charge is -2.21. The Hall–Kier alpha value is -6.18. The minimum absolute atomic E-state index is 0.0550.